The van der Waals surface area contributed by atoms with E-state index in [1.54, 1.807) is 0 Å². The summed E-state index contributed by atoms with van der Waals surface area (Å²) in [5.74, 6) is -0.615. The fraction of sp³-hybridized carbons (Fsp3) is 0.0714. The maximum absolute atomic E-state index is 5.71. The standard InChI is InChI=1S/C14H10N2O/c1-2-7-12(8-3-1)14-15-10-11-6-4-5-9-13(11)16(14)17-14/h1-10H. The molecule has 2 aromatic rings. The number of fused-ring (bicyclic) bond motifs is 3. The average molecular weight is 222 g/mol. The van der Waals surface area contributed by atoms with Crippen molar-refractivity contribution in [3.8, 4) is 0 Å². The first-order valence-corrected chi connectivity index (χ1v) is 5.59. The van der Waals surface area contributed by atoms with Crippen LogP contribution in [-0.2, 0) is 10.7 Å². The highest BCUT2D eigenvalue weighted by Crippen LogP contribution is 2.51. The smallest absolute Gasteiger partial charge is 0.230 e. The van der Waals surface area contributed by atoms with E-state index in [4.69, 9.17) is 4.84 Å². The summed E-state index contributed by atoms with van der Waals surface area (Å²) in [5.41, 5.74) is 3.23. The number of hydroxylamine groups is 1. The molecule has 2 heterocycles. The minimum absolute atomic E-state index is 0.615. The van der Waals surface area contributed by atoms with Crippen molar-refractivity contribution in [3.63, 3.8) is 0 Å². The van der Waals surface area contributed by atoms with Crippen LogP contribution in [0.15, 0.2) is 59.6 Å². The quantitative estimate of drug-likeness (QED) is 0.694. The van der Waals surface area contributed by atoms with Crippen LogP contribution in [0.1, 0.15) is 11.1 Å². The lowest BCUT2D eigenvalue weighted by Gasteiger charge is -2.14. The number of nitrogens with zero attached hydrogens (tertiary/aromatic N) is 2. The summed E-state index contributed by atoms with van der Waals surface area (Å²) in [4.78, 5) is 10.2. The van der Waals surface area contributed by atoms with Crippen LogP contribution in [0.25, 0.3) is 0 Å². The lowest BCUT2D eigenvalue weighted by Crippen LogP contribution is -2.18. The Balaban J connectivity index is 1.84. The first-order valence-electron chi connectivity index (χ1n) is 5.59. The molecule has 17 heavy (non-hydrogen) atoms. The molecule has 2 aromatic carbocycles. The van der Waals surface area contributed by atoms with E-state index in [9.17, 15) is 0 Å². The zero-order chi connectivity index (χ0) is 11.3. The van der Waals surface area contributed by atoms with Crippen LogP contribution in [0.5, 0.6) is 0 Å². The summed E-state index contributed by atoms with van der Waals surface area (Å²) in [5, 5.41) is 1.86. The Kier molecular flexibility index (Phi) is 1.56. The van der Waals surface area contributed by atoms with E-state index in [1.807, 2.05) is 65.9 Å². The topological polar surface area (TPSA) is 27.9 Å². The molecule has 2 aliphatic rings. The van der Waals surface area contributed by atoms with Crippen LogP contribution >= 0.6 is 0 Å². The van der Waals surface area contributed by atoms with E-state index in [0.717, 1.165) is 16.8 Å². The molecule has 1 unspecified atom stereocenters. The molecular formula is C14H10N2O. The molecule has 0 N–H and O–H groups in total. The van der Waals surface area contributed by atoms with E-state index in [1.165, 1.54) is 0 Å². The second kappa shape index (κ2) is 2.96. The molecule has 0 spiro atoms. The molecule has 1 saturated heterocycles. The second-order valence-corrected chi connectivity index (χ2v) is 4.18. The highest BCUT2D eigenvalue weighted by molar-refractivity contribution is 5.91. The third-order valence-electron chi connectivity index (χ3n) is 3.15. The second-order valence-electron chi connectivity index (χ2n) is 4.18. The van der Waals surface area contributed by atoms with Gasteiger partial charge in [0.25, 0.3) is 0 Å². The summed E-state index contributed by atoms with van der Waals surface area (Å²) in [7, 11) is 0. The number of para-hydroxylation sites is 1. The zero-order valence-corrected chi connectivity index (χ0v) is 9.08. The van der Waals surface area contributed by atoms with E-state index in [-0.39, 0.29) is 0 Å². The molecule has 2 aliphatic heterocycles. The van der Waals surface area contributed by atoms with E-state index in [2.05, 4.69) is 4.99 Å². The normalized spacial score (nSPS) is 24.1. The molecular weight excluding hydrogens is 212 g/mol. The number of anilines is 1. The first-order chi connectivity index (χ1) is 8.40. The van der Waals surface area contributed by atoms with Crippen molar-refractivity contribution < 1.29 is 4.84 Å². The Morgan fingerprint density at radius 3 is 2.59 bits per heavy atom. The van der Waals surface area contributed by atoms with Gasteiger partial charge in [-0.05, 0) is 6.07 Å². The van der Waals surface area contributed by atoms with Crippen LogP contribution in [-0.4, -0.2) is 6.21 Å². The van der Waals surface area contributed by atoms with Crippen molar-refractivity contribution >= 4 is 11.9 Å². The van der Waals surface area contributed by atoms with Gasteiger partial charge in [-0.3, -0.25) is 0 Å². The van der Waals surface area contributed by atoms with Gasteiger partial charge in [0.05, 0.1) is 5.69 Å². The molecule has 0 amide bonds. The van der Waals surface area contributed by atoms with Crippen LogP contribution in [0.2, 0.25) is 0 Å². The highest BCUT2D eigenvalue weighted by Gasteiger charge is 2.59. The Hall–Kier alpha value is -2.13. The molecule has 1 atom stereocenters. The number of benzene rings is 2. The maximum atomic E-state index is 5.71. The minimum Gasteiger partial charge on any atom is -0.230 e. The van der Waals surface area contributed by atoms with Crippen molar-refractivity contribution in [2.24, 2.45) is 4.99 Å². The van der Waals surface area contributed by atoms with Crippen molar-refractivity contribution in [2.45, 2.75) is 5.85 Å². The lowest BCUT2D eigenvalue weighted by molar-refractivity contribution is 0.315. The van der Waals surface area contributed by atoms with Gasteiger partial charge in [0.15, 0.2) is 0 Å². The molecule has 0 saturated carbocycles. The van der Waals surface area contributed by atoms with Crippen LogP contribution in [0, 0.1) is 0 Å². The first kappa shape index (κ1) is 8.96. The van der Waals surface area contributed by atoms with Gasteiger partial charge < -0.3 is 0 Å². The third-order valence-corrected chi connectivity index (χ3v) is 3.15. The molecule has 0 radical (unpaired) electrons. The van der Waals surface area contributed by atoms with Gasteiger partial charge in [-0.2, -0.15) is 5.06 Å². The fourth-order valence-electron chi connectivity index (χ4n) is 2.23. The van der Waals surface area contributed by atoms with Crippen LogP contribution < -0.4 is 5.06 Å². The van der Waals surface area contributed by atoms with Gasteiger partial charge in [-0.1, -0.05) is 48.5 Å². The molecule has 3 nitrogen and oxygen atoms in total. The van der Waals surface area contributed by atoms with Crippen molar-refractivity contribution in [2.75, 3.05) is 5.06 Å². The number of rotatable bonds is 1. The molecule has 0 bridgehead atoms. The van der Waals surface area contributed by atoms with Gasteiger partial charge >= 0.3 is 5.85 Å². The monoisotopic (exact) mass is 222 g/mol. The van der Waals surface area contributed by atoms with Gasteiger partial charge in [0.1, 0.15) is 0 Å². The SMILES string of the molecule is C1=NC2(c3ccccc3)ON2c2ccccc21. The Labute approximate surface area is 98.9 Å². The summed E-state index contributed by atoms with van der Waals surface area (Å²) < 4.78 is 0. The minimum atomic E-state index is -0.615. The summed E-state index contributed by atoms with van der Waals surface area (Å²) in [6.07, 6.45) is 1.88. The lowest BCUT2D eigenvalue weighted by atomic mass is 10.1. The number of aliphatic imine (C=N–C) groups is 1. The van der Waals surface area contributed by atoms with Gasteiger partial charge in [0, 0.05) is 17.3 Å². The molecule has 82 valence electrons. The Morgan fingerprint density at radius 2 is 1.71 bits per heavy atom. The predicted molar refractivity (Wildman–Crippen MR) is 65.7 cm³/mol. The molecule has 1 fully saturated rings. The Bertz CT molecular complexity index is 609. The van der Waals surface area contributed by atoms with Gasteiger partial charge in [-0.15, -0.1) is 0 Å². The predicted octanol–water partition coefficient (Wildman–Crippen LogP) is 2.68. The molecule has 4 rings (SSSR count). The molecule has 3 heteroatoms. The number of hydrogen-bond donors (Lipinski definition) is 0. The van der Waals surface area contributed by atoms with Crippen molar-refractivity contribution in [1.29, 1.82) is 0 Å². The molecule has 0 aromatic heterocycles. The largest absolute Gasteiger partial charge is 0.312 e. The average Bonchev–Trinajstić information content (AvgIpc) is 3.16. The van der Waals surface area contributed by atoms with Crippen molar-refractivity contribution in [1.82, 2.24) is 0 Å². The molecule has 0 aliphatic carbocycles. The Morgan fingerprint density at radius 1 is 0.941 bits per heavy atom. The summed E-state index contributed by atoms with van der Waals surface area (Å²) in [6, 6.07) is 18.2. The highest BCUT2D eigenvalue weighted by atomic mass is 16.9. The van der Waals surface area contributed by atoms with E-state index < -0.39 is 5.85 Å². The summed E-state index contributed by atoms with van der Waals surface area (Å²) >= 11 is 0. The zero-order valence-electron chi connectivity index (χ0n) is 9.08. The van der Waals surface area contributed by atoms with Crippen LogP contribution in [0.3, 0.4) is 0 Å². The fourth-order valence-corrected chi connectivity index (χ4v) is 2.23. The maximum Gasteiger partial charge on any atom is 0.312 e. The third kappa shape index (κ3) is 1.11. The van der Waals surface area contributed by atoms with E-state index >= 15 is 0 Å². The number of hydrogen-bond acceptors (Lipinski definition) is 3. The van der Waals surface area contributed by atoms with Crippen molar-refractivity contribution in [3.05, 3.63) is 65.7 Å². The van der Waals surface area contributed by atoms with Gasteiger partial charge in [0.2, 0.25) is 0 Å². The van der Waals surface area contributed by atoms with Crippen LogP contribution in [0.4, 0.5) is 5.69 Å². The van der Waals surface area contributed by atoms with E-state index in [0.29, 0.717) is 0 Å². The summed E-state index contributed by atoms with van der Waals surface area (Å²) in [6.45, 7) is 0. The van der Waals surface area contributed by atoms with Gasteiger partial charge in [-0.25, -0.2) is 9.83 Å².